The molecule has 1 saturated carbocycles. The van der Waals surface area contributed by atoms with Gasteiger partial charge in [-0.15, -0.1) is 0 Å². The van der Waals surface area contributed by atoms with Crippen molar-refractivity contribution in [2.75, 3.05) is 5.32 Å². The van der Waals surface area contributed by atoms with Gasteiger partial charge in [-0.1, -0.05) is 31.4 Å². The molecule has 1 aliphatic rings. The first-order valence-corrected chi connectivity index (χ1v) is 10.8. The summed E-state index contributed by atoms with van der Waals surface area (Å²) in [4.78, 5) is 22.3. The van der Waals surface area contributed by atoms with Crippen molar-refractivity contribution in [1.29, 1.82) is 5.26 Å². The Bertz CT molecular complexity index is 1340. The average Bonchev–Trinajstić information content (AvgIpc) is 3.42. The molecule has 3 aromatic heterocycles. The second-order valence-corrected chi connectivity index (χ2v) is 8.18. The summed E-state index contributed by atoms with van der Waals surface area (Å²) in [6.07, 6.45) is 9.20. The van der Waals surface area contributed by atoms with Crippen LogP contribution in [0.5, 0.6) is 0 Å². The molecule has 1 fully saturated rings. The number of nitrogens with one attached hydrogen (secondary N) is 1. The number of fused-ring (bicyclic) bond motifs is 1. The van der Waals surface area contributed by atoms with E-state index in [2.05, 4.69) is 20.0 Å². The molecule has 0 bridgehead atoms. The zero-order valence-electron chi connectivity index (χ0n) is 17.8. The highest BCUT2D eigenvalue weighted by Crippen LogP contribution is 2.34. The average molecular weight is 425 g/mol. The molecule has 1 aromatic carbocycles. The minimum Gasteiger partial charge on any atom is -0.307 e. The predicted molar refractivity (Wildman–Crippen MR) is 121 cm³/mol. The number of benzene rings is 1. The van der Waals surface area contributed by atoms with E-state index in [4.69, 9.17) is 4.98 Å². The lowest BCUT2D eigenvalue weighted by molar-refractivity contribution is 0.102. The van der Waals surface area contributed by atoms with Gasteiger partial charge in [-0.25, -0.2) is 9.97 Å². The summed E-state index contributed by atoms with van der Waals surface area (Å²) in [5, 5.41) is 16.6. The van der Waals surface area contributed by atoms with Crippen molar-refractivity contribution in [3.63, 3.8) is 0 Å². The van der Waals surface area contributed by atoms with Crippen molar-refractivity contribution < 1.29 is 4.79 Å². The smallest absolute Gasteiger partial charge is 0.258 e. The lowest BCUT2D eigenvalue weighted by Gasteiger charge is -2.25. The molecule has 1 amide bonds. The van der Waals surface area contributed by atoms with Gasteiger partial charge in [0.1, 0.15) is 11.8 Å². The minimum absolute atomic E-state index is 0.178. The highest BCUT2D eigenvalue weighted by atomic mass is 16.1. The third-order valence-corrected chi connectivity index (χ3v) is 5.96. The first kappa shape index (κ1) is 19.9. The number of hydrogen-bond acceptors (Lipinski definition) is 5. The molecule has 0 spiro atoms. The topological polar surface area (TPSA) is 101 Å². The van der Waals surface area contributed by atoms with Gasteiger partial charge < -0.3 is 4.57 Å². The van der Waals surface area contributed by atoms with E-state index in [1.165, 1.54) is 25.3 Å². The fraction of sp³-hybridized carbons (Fsp3) is 0.292. The number of rotatable bonds is 4. The van der Waals surface area contributed by atoms with Crippen molar-refractivity contribution in [3.05, 3.63) is 60.0 Å². The predicted octanol–water partition coefficient (Wildman–Crippen LogP) is 4.46. The second-order valence-electron chi connectivity index (χ2n) is 8.18. The number of anilines is 1. The number of para-hydroxylation sites is 2. The van der Waals surface area contributed by atoms with Gasteiger partial charge >= 0.3 is 0 Å². The lowest BCUT2D eigenvalue weighted by atomic mass is 9.95. The van der Waals surface area contributed by atoms with Gasteiger partial charge in [0.25, 0.3) is 5.91 Å². The van der Waals surface area contributed by atoms with E-state index in [1.807, 2.05) is 30.3 Å². The van der Waals surface area contributed by atoms with Gasteiger partial charge in [0.15, 0.2) is 0 Å². The molecule has 1 N–H and O–H groups in total. The van der Waals surface area contributed by atoms with Gasteiger partial charge in [0.2, 0.25) is 5.95 Å². The third kappa shape index (κ3) is 3.73. The van der Waals surface area contributed by atoms with E-state index < -0.39 is 0 Å². The van der Waals surface area contributed by atoms with Crippen LogP contribution in [0.25, 0.3) is 22.3 Å². The summed E-state index contributed by atoms with van der Waals surface area (Å²) < 4.78 is 3.82. The minimum atomic E-state index is -0.318. The number of carbonyl (C=O) groups is 1. The Balaban J connectivity index is 1.52. The maximum absolute atomic E-state index is 13.3. The van der Waals surface area contributed by atoms with Gasteiger partial charge in [0, 0.05) is 30.4 Å². The van der Waals surface area contributed by atoms with E-state index in [0.29, 0.717) is 23.2 Å². The Kier molecular flexibility index (Phi) is 5.15. The van der Waals surface area contributed by atoms with Crippen LogP contribution in [-0.4, -0.2) is 30.2 Å². The number of imidazole rings is 1. The molecule has 5 rings (SSSR count). The number of nitrogens with zero attached hydrogens (tertiary/aromatic N) is 6. The summed E-state index contributed by atoms with van der Waals surface area (Å²) in [7, 11) is 1.81. The van der Waals surface area contributed by atoms with Crippen LogP contribution >= 0.6 is 0 Å². The molecule has 32 heavy (non-hydrogen) atoms. The molecule has 3 heterocycles. The summed E-state index contributed by atoms with van der Waals surface area (Å²) in [5.74, 6) is 0.225. The van der Waals surface area contributed by atoms with Crippen LogP contribution in [0.3, 0.4) is 0 Å². The van der Waals surface area contributed by atoms with Gasteiger partial charge in [-0.3, -0.25) is 14.8 Å². The maximum Gasteiger partial charge on any atom is 0.258 e. The molecule has 8 nitrogen and oxygen atoms in total. The number of hydrogen-bond donors (Lipinski definition) is 1. The number of amides is 1. The van der Waals surface area contributed by atoms with Crippen molar-refractivity contribution in [3.8, 4) is 17.3 Å². The van der Waals surface area contributed by atoms with Crippen molar-refractivity contribution >= 4 is 22.9 Å². The molecular weight excluding hydrogens is 402 g/mol. The second kappa shape index (κ2) is 8.27. The first-order chi connectivity index (χ1) is 15.6. The van der Waals surface area contributed by atoms with Crippen molar-refractivity contribution in [2.45, 2.75) is 38.1 Å². The number of carbonyl (C=O) groups excluding carboxylic acids is 1. The zero-order chi connectivity index (χ0) is 22.1. The van der Waals surface area contributed by atoms with Crippen molar-refractivity contribution in [2.24, 2.45) is 7.05 Å². The molecule has 160 valence electrons. The Morgan fingerprint density at radius 2 is 1.97 bits per heavy atom. The largest absolute Gasteiger partial charge is 0.307 e. The Hall–Kier alpha value is -3.99. The number of aryl methyl sites for hydroxylation is 1. The van der Waals surface area contributed by atoms with Crippen LogP contribution in [0.2, 0.25) is 0 Å². The highest BCUT2D eigenvalue weighted by molar-refractivity contribution is 6.04. The Morgan fingerprint density at radius 3 is 2.72 bits per heavy atom. The lowest BCUT2D eigenvalue weighted by Crippen LogP contribution is -2.20. The summed E-state index contributed by atoms with van der Waals surface area (Å²) >= 11 is 0. The van der Waals surface area contributed by atoms with Crippen LogP contribution in [0.15, 0.2) is 48.8 Å². The summed E-state index contributed by atoms with van der Waals surface area (Å²) in [5.41, 5.74) is 3.70. The first-order valence-electron chi connectivity index (χ1n) is 10.8. The quantitative estimate of drug-likeness (QED) is 0.520. The number of pyridine rings is 1. The molecule has 0 aliphatic heterocycles. The fourth-order valence-electron chi connectivity index (χ4n) is 4.44. The molecular formula is C24H23N7O. The normalized spacial score (nSPS) is 14.4. The standard InChI is InChI=1S/C24H23N7O/c1-30-15-17(14-26-30)21-12-16(11-18(13-25)27-21)23(32)29-24-28-20-9-5-6-10-22(20)31(24)19-7-3-2-4-8-19/h5-6,9-12,14-15,19H,2-4,7-8H2,1H3,(H,28,29,32). The van der Waals surface area contributed by atoms with Crippen LogP contribution < -0.4 is 5.32 Å². The summed E-state index contributed by atoms with van der Waals surface area (Å²) in [6, 6.07) is 13.5. The number of nitriles is 1. The Labute approximate surface area is 185 Å². The third-order valence-electron chi connectivity index (χ3n) is 5.96. The van der Waals surface area contributed by atoms with E-state index in [-0.39, 0.29) is 11.6 Å². The SMILES string of the molecule is Cn1cc(-c2cc(C(=O)Nc3nc4ccccc4n3C3CCCCC3)cc(C#N)n2)cn1. The van der Waals surface area contributed by atoms with Gasteiger partial charge in [-0.2, -0.15) is 10.4 Å². The van der Waals surface area contributed by atoms with E-state index >= 15 is 0 Å². The molecule has 0 atom stereocenters. The van der Waals surface area contributed by atoms with Crippen molar-refractivity contribution in [1.82, 2.24) is 24.3 Å². The van der Waals surface area contributed by atoms with E-state index in [9.17, 15) is 10.1 Å². The van der Waals surface area contributed by atoms with Crippen LogP contribution in [0.1, 0.15) is 54.2 Å². The van der Waals surface area contributed by atoms with E-state index in [0.717, 1.165) is 29.4 Å². The van der Waals surface area contributed by atoms with Crippen LogP contribution in [-0.2, 0) is 7.05 Å². The molecule has 0 unspecified atom stereocenters. The van der Waals surface area contributed by atoms with Gasteiger partial charge in [-0.05, 0) is 37.1 Å². The Morgan fingerprint density at radius 1 is 1.16 bits per heavy atom. The zero-order valence-corrected chi connectivity index (χ0v) is 17.8. The van der Waals surface area contributed by atoms with Gasteiger partial charge in [0.05, 0.1) is 22.9 Å². The molecule has 1 aliphatic carbocycles. The maximum atomic E-state index is 13.3. The molecule has 4 aromatic rings. The monoisotopic (exact) mass is 425 g/mol. The molecule has 8 heteroatoms. The fourth-order valence-corrected chi connectivity index (χ4v) is 4.44. The number of aromatic nitrogens is 5. The van der Waals surface area contributed by atoms with Crippen LogP contribution in [0.4, 0.5) is 5.95 Å². The van der Waals surface area contributed by atoms with Crippen LogP contribution in [0, 0.1) is 11.3 Å². The summed E-state index contributed by atoms with van der Waals surface area (Å²) in [6.45, 7) is 0. The highest BCUT2D eigenvalue weighted by Gasteiger charge is 2.23. The molecule has 0 radical (unpaired) electrons. The molecule has 0 saturated heterocycles. The van der Waals surface area contributed by atoms with E-state index in [1.54, 1.807) is 30.2 Å².